The van der Waals surface area contributed by atoms with E-state index in [1.54, 1.807) is 43.4 Å². The minimum atomic E-state index is -0.624. The second kappa shape index (κ2) is 8.13. The van der Waals surface area contributed by atoms with Crippen molar-refractivity contribution in [3.05, 3.63) is 89.5 Å². The zero-order valence-corrected chi connectivity index (χ0v) is 18.0. The number of hydrogen-bond acceptors (Lipinski definition) is 7. The molecule has 164 valence electrons. The number of rotatable bonds is 5. The molecule has 0 fully saturated rings. The number of fused-ring (bicyclic) bond motifs is 1. The first-order chi connectivity index (χ1) is 16.2. The highest BCUT2D eigenvalue weighted by molar-refractivity contribution is 5.70. The molecule has 2 aromatic heterocycles. The Balaban J connectivity index is 1.85. The molecular formula is C25H20N4O4. The molecule has 0 radical (unpaired) electrons. The molecule has 0 spiro atoms. The second-order valence-electron chi connectivity index (χ2n) is 7.32. The van der Waals surface area contributed by atoms with Crippen molar-refractivity contribution in [1.29, 1.82) is 5.26 Å². The minimum absolute atomic E-state index is 0.00273. The van der Waals surface area contributed by atoms with Crippen molar-refractivity contribution in [3.63, 3.8) is 0 Å². The number of aromatic nitrogens is 2. The van der Waals surface area contributed by atoms with E-state index in [1.165, 1.54) is 0 Å². The zero-order chi connectivity index (χ0) is 22.9. The maximum atomic E-state index is 10.1. The molecule has 1 atom stereocenters. The molecule has 0 bridgehead atoms. The number of hydrogen-bond donors (Lipinski definition) is 1. The number of nitrogens with zero attached hydrogens (tertiary/aromatic N) is 3. The van der Waals surface area contributed by atoms with Crippen LogP contribution in [0.25, 0.3) is 17.1 Å². The smallest absolute Gasteiger partial charge is 0.229 e. The van der Waals surface area contributed by atoms with E-state index >= 15 is 0 Å². The van der Waals surface area contributed by atoms with E-state index in [9.17, 15) is 5.26 Å². The lowest BCUT2D eigenvalue weighted by Crippen LogP contribution is -2.22. The highest BCUT2D eigenvalue weighted by atomic mass is 16.5. The fourth-order valence-electron chi connectivity index (χ4n) is 4.05. The van der Waals surface area contributed by atoms with E-state index in [4.69, 9.17) is 29.5 Å². The number of methoxy groups -OCH3 is 2. The van der Waals surface area contributed by atoms with Crippen LogP contribution in [0.3, 0.4) is 0 Å². The maximum Gasteiger partial charge on any atom is 0.229 e. The summed E-state index contributed by atoms with van der Waals surface area (Å²) in [6.07, 6.45) is 1.57. The van der Waals surface area contributed by atoms with Gasteiger partial charge < -0.3 is 24.4 Å². The third-order valence-corrected chi connectivity index (χ3v) is 5.55. The number of ether oxygens (including phenoxy) is 3. The van der Waals surface area contributed by atoms with Crippen LogP contribution in [0, 0.1) is 11.3 Å². The summed E-state index contributed by atoms with van der Waals surface area (Å²) in [6, 6.07) is 20.8. The molecule has 0 aliphatic carbocycles. The van der Waals surface area contributed by atoms with Crippen LogP contribution < -0.4 is 19.9 Å². The molecule has 1 unspecified atom stereocenters. The highest BCUT2D eigenvalue weighted by Gasteiger charge is 2.39. The summed E-state index contributed by atoms with van der Waals surface area (Å²) in [7, 11) is 3.16. The molecule has 8 nitrogen and oxygen atoms in total. The Labute approximate surface area is 190 Å². The van der Waals surface area contributed by atoms with Gasteiger partial charge in [0.25, 0.3) is 0 Å². The third kappa shape index (κ3) is 3.27. The maximum absolute atomic E-state index is 10.1. The molecule has 4 aromatic rings. The lowest BCUT2D eigenvalue weighted by molar-refractivity contribution is 0.363. The van der Waals surface area contributed by atoms with E-state index in [-0.39, 0.29) is 11.5 Å². The normalized spacial score (nSPS) is 14.9. The van der Waals surface area contributed by atoms with Crippen molar-refractivity contribution in [2.45, 2.75) is 5.92 Å². The van der Waals surface area contributed by atoms with Crippen LogP contribution >= 0.6 is 0 Å². The van der Waals surface area contributed by atoms with Gasteiger partial charge in [-0.2, -0.15) is 15.0 Å². The average molecular weight is 440 g/mol. The number of nitrogens with two attached hydrogens (primary N) is 1. The summed E-state index contributed by atoms with van der Waals surface area (Å²) in [5, 5.41) is 14.9. The van der Waals surface area contributed by atoms with E-state index in [1.807, 2.05) is 42.5 Å². The molecule has 0 saturated carbocycles. The Morgan fingerprint density at radius 1 is 1.06 bits per heavy atom. The first-order valence-corrected chi connectivity index (χ1v) is 10.2. The Morgan fingerprint density at radius 3 is 2.55 bits per heavy atom. The average Bonchev–Trinajstić information content (AvgIpc) is 3.51. The van der Waals surface area contributed by atoms with Crippen molar-refractivity contribution in [1.82, 2.24) is 9.78 Å². The summed E-state index contributed by atoms with van der Waals surface area (Å²) in [6.45, 7) is 0. The van der Waals surface area contributed by atoms with Crippen molar-refractivity contribution < 1.29 is 18.6 Å². The molecule has 3 heterocycles. The summed E-state index contributed by atoms with van der Waals surface area (Å²) in [4.78, 5) is 0. The fraction of sp³-hybridized carbons (Fsp3) is 0.120. The van der Waals surface area contributed by atoms with Gasteiger partial charge in [0.05, 0.1) is 37.7 Å². The molecule has 1 aliphatic rings. The van der Waals surface area contributed by atoms with Crippen LogP contribution in [0.4, 0.5) is 0 Å². The number of para-hydroxylation sites is 1. The standard InChI is InChI=1S/C25H20N4O4/c1-30-16-10-11-19(31-2)17(13-16)21-18(14-26)24(27)33-25-22(21)23(20-9-6-12-32-20)28-29(25)15-7-4-3-5-8-15/h3-13,21H,27H2,1-2H3. The first-order valence-electron chi connectivity index (χ1n) is 10.2. The Kier molecular flexibility index (Phi) is 4.99. The van der Waals surface area contributed by atoms with Crippen LogP contribution in [0.15, 0.2) is 82.8 Å². The minimum Gasteiger partial charge on any atom is -0.497 e. The number of furan rings is 1. The van der Waals surface area contributed by atoms with Gasteiger partial charge in [-0.1, -0.05) is 18.2 Å². The highest BCUT2D eigenvalue weighted by Crippen LogP contribution is 2.50. The second-order valence-corrected chi connectivity index (χ2v) is 7.32. The van der Waals surface area contributed by atoms with Crippen LogP contribution in [0.1, 0.15) is 17.0 Å². The quantitative estimate of drug-likeness (QED) is 0.491. The Bertz CT molecular complexity index is 1380. The summed E-state index contributed by atoms with van der Waals surface area (Å²) in [5.74, 6) is 1.51. The summed E-state index contributed by atoms with van der Waals surface area (Å²) >= 11 is 0. The molecule has 2 aromatic carbocycles. The van der Waals surface area contributed by atoms with Crippen LogP contribution in [-0.4, -0.2) is 24.0 Å². The van der Waals surface area contributed by atoms with Gasteiger partial charge in [-0.25, -0.2) is 0 Å². The van der Waals surface area contributed by atoms with Crippen molar-refractivity contribution in [3.8, 4) is 40.6 Å². The Morgan fingerprint density at radius 2 is 1.88 bits per heavy atom. The molecule has 0 saturated heterocycles. The van der Waals surface area contributed by atoms with Crippen molar-refractivity contribution in [2.24, 2.45) is 5.73 Å². The molecular weight excluding hydrogens is 420 g/mol. The molecule has 33 heavy (non-hydrogen) atoms. The van der Waals surface area contributed by atoms with Crippen molar-refractivity contribution in [2.75, 3.05) is 14.2 Å². The van der Waals surface area contributed by atoms with Crippen LogP contribution in [0.2, 0.25) is 0 Å². The Hall–Kier alpha value is -4.64. The van der Waals surface area contributed by atoms with Gasteiger partial charge >= 0.3 is 0 Å². The third-order valence-electron chi connectivity index (χ3n) is 5.55. The topological polar surface area (TPSA) is 108 Å². The van der Waals surface area contributed by atoms with Gasteiger partial charge in [0.2, 0.25) is 11.8 Å². The van der Waals surface area contributed by atoms with Gasteiger partial charge in [-0.05, 0) is 42.5 Å². The zero-order valence-electron chi connectivity index (χ0n) is 18.0. The fourth-order valence-corrected chi connectivity index (χ4v) is 4.05. The molecule has 0 amide bonds. The van der Waals surface area contributed by atoms with Crippen LogP contribution in [0.5, 0.6) is 17.4 Å². The number of benzene rings is 2. The SMILES string of the molecule is COc1ccc(OC)c(C2C(C#N)=C(N)Oc3c2c(-c2ccco2)nn3-c2ccccc2)c1. The first kappa shape index (κ1) is 20.3. The van der Waals surface area contributed by atoms with Gasteiger partial charge in [0, 0.05) is 5.56 Å². The van der Waals surface area contributed by atoms with E-state index in [0.717, 1.165) is 5.69 Å². The van der Waals surface area contributed by atoms with Crippen LogP contribution in [-0.2, 0) is 0 Å². The van der Waals surface area contributed by atoms with Gasteiger partial charge in [0.1, 0.15) is 28.8 Å². The van der Waals surface area contributed by atoms with Gasteiger partial charge in [-0.15, -0.1) is 0 Å². The predicted molar refractivity (Wildman–Crippen MR) is 120 cm³/mol. The number of allylic oxidation sites excluding steroid dienone is 1. The number of nitriles is 1. The molecule has 2 N–H and O–H groups in total. The van der Waals surface area contributed by atoms with Crippen molar-refractivity contribution >= 4 is 0 Å². The lowest BCUT2D eigenvalue weighted by Gasteiger charge is -2.26. The van der Waals surface area contributed by atoms with E-state index in [0.29, 0.717) is 40.0 Å². The molecule has 8 heteroatoms. The molecule has 1 aliphatic heterocycles. The lowest BCUT2D eigenvalue weighted by atomic mass is 9.83. The summed E-state index contributed by atoms with van der Waals surface area (Å²) in [5.41, 5.74) is 9.16. The summed E-state index contributed by atoms with van der Waals surface area (Å²) < 4.78 is 24.5. The largest absolute Gasteiger partial charge is 0.497 e. The van der Waals surface area contributed by atoms with Gasteiger partial charge in [0.15, 0.2) is 5.76 Å². The predicted octanol–water partition coefficient (Wildman–Crippen LogP) is 4.37. The van der Waals surface area contributed by atoms with E-state index < -0.39 is 5.92 Å². The van der Waals surface area contributed by atoms with E-state index in [2.05, 4.69) is 6.07 Å². The monoisotopic (exact) mass is 440 g/mol. The molecule has 5 rings (SSSR count). The van der Waals surface area contributed by atoms with Gasteiger partial charge in [-0.3, -0.25) is 0 Å².